The summed E-state index contributed by atoms with van der Waals surface area (Å²) in [4.78, 5) is 25.1. The second-order valence-electron chi connectivity index (χ2n) is 7.75. The summed E-state index contributed by atoms with van der Waals surface area (Å²) in [6, 6.07) is 23.2. The lowest BCUT2D eigenvalue weighted by Crippen LogP contribution is -2.28. The van der Waals surface area contributed by atoms with Crippen LogP contribution in [-0.2, 0) is 17.9 Å². The van der Waals surface area contributed by atoms with Gasteiger partial charge in [-0.25, -0.2) is 4.39 Å². The first-order valence-electron chi connectivity index (χ1n) is 10.9. The molecule has 0 aliphatic carbocycles. The molecule has 4 aromatic rings. The summed E-state index contributed by atoms with van der Waals surface area (Å²) >= 11 is 0. The van der Waals surface area contributed by atoms with Crippen molar-refractivity contribution in [2.75, 3.05) is 6.61 Å². The molecule has 6 heteroatoms. The minimum Gasteiger partial charge on any atom is -0.484 e. The van der Waals surface area contributed by atoms with Gasteiger partial charge < -0.3 is 14.6 Å². The smallest absolute Gasteiger partial charge is 0.258 e. The highest BCUT2D eigenvalue weighted by molar-refractivity contribution is 5.95. The number of rotatable bonds is 8. The fourth-order valence-corrected chi connectivity index (χ4v) is 3.80. The molecule has 0 saturated heterocycles. The highest BCUT2D eigenvalue weighted by Gasteiger charge is 2.12. The number of amides is 1. The highest BCUT2D eigenvalue weighted by Crippen LogP contribution is 2.29. The first kappa shape index (κ1) is 22.3. The Balaban J connectivity index is 1.56. The molecule has 0 bridgehead atoms. The average Bonchev–Trinajstić information content (AvgIpc) is 2.84. The number of carbonyl (C=O) groups is 1. The Bertz CT molecular complexity index is 1330. The molecule has 0 spiro atoms. The monoisotopic (exact) mass is 444 g/mol. The fourth-order valence-electron chi connectivity index (χ4n) is 3.80. The number of fused-ring (bicyclic) bond motifs is 1. The number of hydrogen-bond donors (Lipinski definition) is 1. The molecule has 1 heterocycles. The van der Waals surface area contributed by atoms with Crippen molar-refractivity contribution < 1.29 is 13.9 Å². The molecule has 1 N–H and O–H groups in total. The van der Waals surface area contributed by atoms with Gasteiger partial charge in [0, 0.05) is 36.2 Å². The molecule has 5 nitrogen and oxygen atoms in total. The van der Waals surface area contributed by atoms with E-state index in [0.29, 0.717) is 17.9 Å². The second-order valence-corrected chi connectivity index (χ2v) is 7.75. The van der Waals surface area contributed by atoms with Gasteiger partial charge in [-0.3, -0.25) is 9.59 Å². The van der Waals surface area contributed by atoms with Gasteiger partial charge >= 0.3 is 0 Å². The molecule has 4 rings (SSSR count). The zero-order valence-corrected chi connectivity index (χ0v) is 18.4. The first-order chi connectivity index (χ1) is 16.1. The van der Waals surface area contributed by atoms with Crippen LogP contribution in [0.25, 0.3) is 22.0 Å². The van der Waals surface area contributed by atoms with Crippen molar-refractivity contribution in [3.63, 3.8) is 0 Å². The number of halogens is 1. The molecule has 33 heavy (non-hydrogen) atoms. The Hall–Kier alpha value is -3.93. The number of aryl methyl sites for hydroxylation is 1. The van der Waals surface area contributed by atoms with Crippen LogP contribution in [0.5, 0.6) is 5.75 Å². The van der Waals surface area contributed by atoms with E-state index in [4.69, 9.17) is 4.74 Å². The summed E-state index contributed by atoms with van der Waals surface area (Å²) in [5.74, 6) is -0.239. The molecular weight excluding hydrogens is 419 g/mol. The number of carbonyl (C=O) groups excluding carboxylic acids is 1. The number of nitrogens with zero attached hydrogens (tertiary/aromatic N) is 1. The SMILES string of the molecule is CCCn1c(=O)cc(-c2ccccc2)c2ccc(OCC(=O)NCc3ccccc3F)cc21. The van der Waals surface area contributed by atoms with Crippen molar-refractivity contribution in [2.24, 2.45) is 0 Å². The molecule has 0 radical (unpaired) electrons. The van der Waals surface area contributed by atoms with E-state index in [1.54, 1.807) is 41.0 Å². The molecule has 3 aromatic carbocycles. The van der Waals surface area contributed by atoms with Crippen LogP contribution in [0.2, 0.25) is 0 Å². The number of aromatic nitrogens is 1. The molecular formula is C27H25FN2O3. The van der Waals surface area contributed by atoms with Crippen molar-refractivity contribution in [1.29, 1.82) is 0 Å². The van der Waals surface area contributed by atoms with Crippen LogP contribution in [0.1, 0.15) is 18.9 Å². The third-order valence-corrected chi connectivity index (χ3v) is 5.42. The van der Waals surface area contributed by atoms with Crippen LogP contribution in [0.3, 0.4) is 0 Å². The van der Waals surface area contributed by atoms with Crippen molar-refractivity contribution in [3.8, 4) is 16.9 Å². The van der Waals surface area contributed by atoms with Crippen LogP contribution in [-0.4, -0.2) is 17.1 Å². The molecule has 0 atom stereocenters. The third kappa shape index (κ3) is 5.12. The maximum Gasteiger partial charge on any atom is 0.258 e. The van der Waals surface area contributed by atoms with Gasteiger partial charge in [0.05, 0.1) is 5.52 Å². The van der Waals surface area contributed by atoms with Gasteiger partial charge in [-0.1, -0.05) is 55.5 Å². The average molecular weight is 445 g/mol. The second kappa shape index (κ2) is 10.1. The fraction of sp³-hybridized carbons (Fsp3) is 0.185. The zero-order valence-electron chi connectivity index (χ0n) is 18.4. The van der Waals surface area contributed by atoms with E-state index >= 15 is 0 Å². The van der Waals surface area contributed by atoms with Gasteiger partial charge in [0.25, 0.3) is 11.5 Å². The number of hydrogen-bond acceptors (Lipinski definition) is 3. The number of benzene rings is 3. The lowest BCUT2D eigenvalue weighted by atomic mass is 10.0. The quantitative estimate of drug-likeness (QED) is 0.420. The maximum atomic E-state index is 13.7. The van der Waals surface area contributed by atoms with Crippen LogP contribution in [0.4, 0.5) is 4.39 Å². The summed E-state index contributed by atoms with van der Waals surface area (Å²) in [5.41, 5.74) is 2.91. The summed E-state index contributed by atoms with van der Waals surface area (Å²) in [6.07, 6.45) is 0.809. The molecule has 168 valence electrons. The van der Waals surface area contributed by atoms with Crippen molar-refractivity contribution >= 4 is 16.8 Å². The summed E-state index contributed by atoms with van der Waals surface area (Å²) in [5, 5.41) is 3.60. The van der Waals surface area contributed by atoms with Crippen molar-refractivity contribution in [2.45, 2.75) is 26.4 Å². The van der Waals surface area contributed by atoms with Gasteiger partial charge in [-0.2, -0.15) is 0 Å². The first-order valence-corrected chi connectivity index (χ1v) is 10.9. The largest absolute Gasteiger partial charge is 0.484 e. The topological polar surface area (TPSA) is 60.3 Å². The van der Waals surface area contributed by atoms with E-state index in [2.05, 4.69) is 5.32 Å². The molecule has 1 amide bonds. The minimum atomic E-state index is -0.364. The van der Waals surface area contributed by atoms with E-state index in [-0.39, 0.29) is 30.4 Å². The molecule has 0 unspecified atom stereocenters. The third-order valence-electron chi connectivity index (χ3n) is 5.42. The Morgan fingerprint density at radius 1 is 1.00 bits per heavy atom. The zero-order chi connectivity index (χ0) is 23.2. The molecule has 0 saturated carbocycles. The van der Waals surface area contributed by atoms with E-state index in [9.17, 15) is 14.0 Å². The molecule has 0 aliphatic heterocycles. The van der Waals surface area contributed by atoms with E-state index < -0.39 is 0 Å². The molecule has 0 fully saturated rings. The Labute approximate surface area is 191 Å². The standard InChI is InChI=1S/C27H25FN2O3/c1-2-14-30-25-15-21(33-18-26(31)29-17-20-10-6-7-11-24(20)28)12-13-22(25)23(16-27(30)32)19-8-4-3-5-9-19/h3-13,15-16H,2,14,17-18H2,1H3,(H,29,31). The van der Waals surface area contributed by atoms with Gasteiger partial charge in [0.2, 0.25) is 0 Å². The van der Waals surface area contributed by atoms with Gasteiger partial charge in [0.15, 0.2) is 6.61 Å². The number of ether oxygens (including phenoxy) is 1. The Morgan fingerprint density at radius 3 is 2.52 bits per heavy atom. The van der Waals surface area contributed by atoms with E-state index in [0.717, 1.165) is 28.5 Å². The number of pyridine rings is 1. The molecule has 0 aliphatic rings. The molecule has 1 aromatic heterocycles. The van der Waals surface area contributed by atoms with Crippen molar-refractivity contribution in [3.05, 3.63) is 101 Å². The van der Waals surface area contributed by atoms with E-state index in [1.807, 2.05) is 43.3 Å². The minimum absolute atomic E-state index is 0.0806. The van der Waals surface area contributed by atoms with Gasteiger partial charge in [-0.05, 0) is 35.7 Å². The highest BCUT2D eigenvalue weighted by atomic mass is 19.1. The van der Waals surface area contributed by atoms with Crippen LogP contribution in [0, 0.1) is 5.82 Å². The Morgan fingerprint density at radius 2 is 1.76 bits per heavy atom. The maximum absolute atomic E-state index is 13.7. The summed E-state index contributed by atoms with van der Waals surface area (Å²) in [7, 11) is 0. The Kier molecular flexibility index (Phi) is 6.83. The van der Waals surface area contributed by atoms with Gasteiger partial charge in [-0.15, -0.1) is 0 Å². The number of nitrogens with one attached hydrogen (secondary N) is 1. The summed E-state index contributed by atoms with van der Waals surface area (Å²) in [6.45, 7) is 2.47. The lowest BCUT2D eigenvalue weighted by molar-refractivity contribution is -0.123. The summed E-state index contributed by atoms with van der Waals surface area (Å²) < 4.78 is 21.1. The predicted octanol–water partition coefficient (Wildman–Crippen LogP) is 4.91. The predicted molar refractivity (Wildman–Crippen MR) is 128 cm³/mol. The van der Waals surface area contributed by atoms with Crippen LogP contribution in [0.15, 0.2) is 83.7 Å². The van der Waals surface area contributed by atoms with Crippen molar-refractivity contribution in [1.82, 2.24) is 9.88 Å². The van der Waals surface area contributed by atoms with Gasteiger partial charge in [0.1, 0.15) is 11.6 Å². The van der Waals surface area contributed by atoms with Crippen LogP contribution < -0.4 is 15.6 Å². The van der Waals surface area contributed by atoms with Crippen LogP contribution >= 0.6 is 0 Å². The normalized spacial score (nSPS) is 10.8. The lowest BCUT2D eigenvalue weighted by Gasteiger charge is -2.15. The van der Waals surface area contributed by atoms with E-state index in [1.165, 1.54) is 6.07 Å².